The molecule has 0 saturated heterocycles. The van der Waals surface area contributed by atoms with Crippen LogP contribution in [0.15, 0.2) is 47.0 Å². The maximum absolute atomic E-state index is 12.4. The van der Waals surface area contributed by atoms with E-state index >= 15 is 0 Å². The van der Waals surface area contributed by atoms with Gasteiger partial charge in [-0.05, 0) is 17.6 Å². The second-order valence-electron chi connectivity index (χ2n) is 5.16. The third-order valence-electron chi connectivity index (χ3n) is 3.75. The number of hydrogen-bond acceptors (Lipinski definition) is 2. The van der Waals surface area contributed by atoms with E-state index in [9.17, 15) is 4.79 Å². The number of aromatic nitrogens is 1. The summed E-state index contributed by atoms with van der Waals surface area (Å²) in [5.41, 5.74) is 3.67. The van der Waals surface area contributed by atoms with Crippen molar-refractivity contribution in [2.75, 3.05) is 7.11 Å². The molecule has 1 heterocycles. The molecule has 2 aromatic rings. The second kappa shape index (κ2) is 5.00. The molecule has 3 nitrogen and oxygen atoms in total. The van der Waals surface area contributed by atoms with E-state index in [0.717, 1.165) is 34.7 Å². The van der Waals surface area contributed by atoms with Crippen molar-refractivity contribution in [3.8, 4) is 11.3 Å². The number of H-pyrrole nitrogens is 1. The van der Waals surface area contributed by atoms with Crippen molar-refractivity contribution >= 4 is 6.08 Å². The Kier molecular flexibility index (Phi) is 3.18. The fraction of sp³-hybridized carbons (Fsp3) is 0.235. The first-order valence-electron chi connectivity index (χ1n) is 6.76. The molecule has 20 heavy (non-hydrogen) atoms. The summed E-state index contributed by atoms with van der Waals surface area (Å²) >= 11 is 0. The van der Waals surface area contributed by atoms with Crippen LogP contribution in [0.2, 0.25) is 0 Å². The first kappa shape index (κ1) is 12.7. The van der Waals surface area contributed by atoms with Gasteiger partial charge in [0.1, 0.15) is 0 Å². The molecule has 3 heteroatoms. The van der Waals surface area contributed by atoms with Crippen molar-refractivity contribution in [3.63, 3.8) is 0 Å². The van der Waals surface area contributed by atoms with E-state index < -0.39 is 0 Å². The van der Waals surface area contributed by atoms with E-state index in [2.05, 4.69) is 11.9 Å². The molecule has 1 aliphatic rings. The fourth-order valence-electron chi connectivity index (χ4n) is 2.75. The SMILES string of the molecule is COC1=Cc2[nH]c(-c3ccccc3)cc(=O)c2C(C)C1. The third-order valence-corrected chi connectivity index (χ3v) is 3.75. The van der Waals surface area contributed by atoms with Gasteiger partial charge in [0.05, 0.1) is 12.9 Å². The highest BCUT2D eigenvalue weighted by Crippen LogP contribution is 2.31. The van der Waals surface area contributed by atoms with Gasteiger partial charge in [-0.25, -0.2) is 0 Å². The maximum Gasteiger partial charge on any atom is 0.186 e. The number of hydrogen-bond donors (Lipinski definition) is 1. The molecule has 0 saturated carbocycles. The van der Waals surface area contributed by atoms with Crippen LogP contribution < -0.4 is 5.43 Å². The van der Waals surface area contributed by atoms with E-state index in [0.29, 0.717) is 0 Å². The highest BCUT2D eigenvalue weighted by atomic mass is 16.5. The topological polar surface area (TPSA) is 42.1 Å². The summed E-state index contributed by atoms with van der Waals surface area (Å²) in [7, 11) is 1.67. The van der Waals surface area contributed by atoms with Crippen LogP contribution in [-0.4, -0.2) is 12.1 Å². The molecule has 1 unspecified atom stereocenters. The molecule has 3 rings (SSSR count). The summed E-state index contributed by atoms with van der Waals surface area (Å²) in [5.74, 6) is 1.09. The lowest BCUT2D eigenvalue weighted by atomic mass is 9.89. The summed E-state index contributed by atoms with van der Waals surface area (Å²) in [6, 6.07) is 11.6. The monoisotopic (exact) mass is 267 g/mol. The highest BCUT2D eigenvalue weighted by Gasteiger charge is 2.22. The van der Waals surface area contributed by atoms with Gasteiger partial charge in [-0.1, -0.05) is 37.3 Å². The molecule has 0 aliphatic heterocycles. The molecular formula is C17H17NO2. The normalized spacial score (nSPS) is 17.3. The van der Waals surface area contributed by atoms with Gasteiger partial charge in [-0.15, -0.1) is 0 Å². The van der Waals surface area contributed by atoms with Gasteiger partial charge in [0.25, 0.3) is 0 Å². The molecular weight excluding hydrogens is 250 g/mol. The van der Waals surface area contributed by atoms with Crippen LogP contribution in [-0.2, 0) is 4.74 Å². The number of fused-ring (bicyclic) bond motifs is 1. The minimum atomic E-state index is 0.0940. The minimum Gasteiger partial charge on any atom is -0.501 e. The van der Waals surface area contributed by atoms with Crippen molar-refractivity contribution in [2.24, 2.45) is 0 Å². The number of rotatable bonds is 2. The van der Waals surface area contributed by atoms with Crippen LogP contribution >= 0.6 is 0 Å². The first-order chi connectivity index (χ1) is 9.69. The minimum absolute atomic E-state index is 0.0940. The predicted molar refractivity (Wildman–Crippen MR) is 80.5 cm³/mol. The standard InChI is InChI=1S/C17H17NO2/c1-11-8-13(20-2)9-15-17(11)16(19)10-14(18-15)12-6-4-3-5-7-12/h3-7,9-11H,8H2,1-2H3,(H,18,19). The molecule has 1 aromatic carbocycles. The Balaban J connectivity index is 2.18. The summed E-state index contributed by atoms with van der Waals surface area (Å²) < 4.78 is 5.34. The molecule has 1 atom stereocenters. The number of allylic oxidation sites excluding steroid dienone is 1. The van der Waals surface area contributed by atoms with Gasteiger partial charge in [0, 0.05) is 29.4 Å². The predicted octanol–water partition coefficient (Wildman–Crippen LogP) is 3.54. The Bertz CT molecular complexity index is 714. The zero-order valence-electron chi connectivity index (χ0n) is 11.6. The highest BCUT2D eigenvalue weighted by molar-refractivity contribution is 5.64. The first-order valence-corrected chi connectivity index (χ1v) is 6.76. The molecule has 0 spiro atoms. The average molecular weight is 267 g/mol. The van der Waals surface area contributed by atoms with Gasteiger partial charge >= 0.3 is 0 Å². The number of methoxy groups -OCH3 is 1. The number of benzene rings is 1. The Labute approximate surface area is 117 Å². The Morgan fingerprint density at radius 2 is 2.00 bits per heavy atom. The number of aromatic amines is 1. The molecule has 102 valence electrons. The molecule has 1 N–H and O–H groups in total. The van der Waals surface area contributed by atoms with Crippen LogP contribution in [0.3, 0.4) is 0 Å². The van der Waals surface area contributed by atoms with E-state index in [1.165, 1.54) is 0 Å². The smallest absolute Gasteiger partial charge is 0.186 e. The summed E-state index contributed by atoms with van der Waals surface area (Å²) in [4.78, 5) is 15.7. The van der Waals surface area contributed by atoms with Gasteiger partial charge in [-0.2, -0.15) is 0 Å². The lowest BCUT2D eigenvalue weighted by Gasteiger charge is -2.21. The summed E-state index contributed by atoms with van der Waals surface area (Å²) in [6.07, 6.45) is 2.71. The van der Waals surface area contributed by atoms with Crippen LogP contribution in [0, 0.1) is 0 Å². The zero-order chi connectivity index (χ0) is 14.1. The van der Waals surface area contributed by atoms with Crippen molar-refractivity contribution in [3.05, 3.63) is 63.6 Å². The lowest BCUT2D eigenvalue weighted by molar-refractivity contribution is 0.273. The quantitative estimate of drug-likeness (QED) is 0.904. The average Bonchev–Trinajstić information content (AvgIpc) is 2.47. The fourth-order valence-corrected chi connectivity index (χ4v) is 2.75. The maximum atomic E-state index is 12.4. The molecule has 0 fully saturated rings. The van der Waals surface area contributed by atoms with Crippen LogP contribution in [0.4, 0.5) is 0 Å². The van der Waals surface area contributed by atoms with Crippen LogP contribution in [0.1, 0.15) is 30.5 Å². The number of pyridine rings is 1. The van der Waals surface area contributed by atoms with Gasteiger partial charge in [0.2, 0.25) is 0 Å². The molecule has 1 aliphatic carbocycles. The zero-order valence-corrected chi connectivity index (χ0v) is 11.6. The van der Waals surface area contributed by atoms with Crippen molar-refractivity contribution < 1.29 is 4.74 Å². The Morgan fingerprint density at radius 3 is 2.70 bits per heavy atom. The van der Waals surface area contributed by atoms with Crippen LogP contribution in [0.5, 0.6) is 0 Å². The van der Waals surface area contributed by atoms with E-state index in [4.69, 9.17) is 4.74 Å². The molecule has 0 radical (unpaired) electrons. The van der Waals surface area contributed by atoms with Crippen molar-refractivity contribution in [1.29, 1.82) is 0 Å². The number of ether oxygens (including phenoxy) is 1. The van der Waals surface area contributed by atoms with Crippen molar-refractivity contribution in [1.82, 2.24) is 4.98 Å². The Hall–Kier alpha value is -2.29. The second-order valence-corrected chi connectivity index (χ2v) is 5.16. The largest absolute Gasteiger partial charge is 0.501 e. The van der Waals surface area contributed by atoms with E-state index in [1.807, 2.05) is 36.4 Å². The van der Waals surface area contributed by atoms with Gasteiger partial charge in [0.15, 0.2) is 5.43 Å². The summed E-state index contributed by atoms with van der Waals surface area (Å²) in [6.45, 7) is 2.06. The Morgan fingerprint density at radius 1 is 1.25 bits per heavy atom. The molecule has 1 aromatic heterocycles. The molecule has 0 bridgehead atoms. The van der Waals surface area contributed by atoms with Gasteiger partial charge in [-0.3, -0.25) is 4.79 Å². The summed E-state index contributed by atoms with van der Waals surface area (Å²) in [5, 5.41) is 0. The van der Waals surface area contributed by atoms with Gasteiger partial charge < -0.3 is 9.72 Å². The van der Waals surface area contributed by atoms with Crippen LogP contribution in [0.25, 0.3) is 17.3 Å². The van der Waals surface area contributed by atoms with E-state index in [1.54, 1.807) is 13.2 Å². The van der Waals surface area contributed by atoms with Crippen molar-refractivity contribution in [2.45, 2.75) is 19.3 Å². The third kappa shape index (κ3) is 2.16. The van der Waals surface area contributed by atoms with E-state index in [-0.39, 0.29) is 11.3 Å². The number of nitrogens with one attached hydrogen (secondary N) is 1. The lowest BCUT2D eigenvalue weighted by Crippen LogP contribution is -2.19. The molecule has 0 amide bonds.